The van der Waals surface area contributed by atoms with Crippen LogP contribution in [0.5, 0.6) is 17.2 Å². The van der Waals surface area contributed by atoms with Crippen molar-refractivity contribution in [1.82, 2.24) is 5.32 Å². The highest BCUT2D eigenvalue weighted by molar-refractivity contribution is 5.54. The van der Waals surface area contributed by atoms with Crippen LogP contribution in [-0.4, -0.2) is 28.4 Å². The minimum atomic E-state index is -0.172. The van der Waals surface area contributed by atoms with Crippen molar-refractivity contribution >= 4 is 0 Å². The van der Waals surface area contributed by atoms with Gasteiger partial charge in [0.25, 0.3) is 0 Å². The molecule has 1 aromatic heterocycles. The summed E-state index contributed by atoms with van der Waals surface area (Å²) in [6, 6.07) is 7.37. The summed E-state index contributed by atoms with van der Waals surface area (Å²) in [4.78, 5) is 0. The van der Waals surface area contributed by atoms with Gasteiger partial charge in [-0.2, -0.15) is 0 Å². The van der Waals surface area contributed by atoms with Gasteiger partial charge in [-0.1, -0.05) is 0 Å². The monoisotopic (exact) mass is 291 g/mol. The molecule has 0 saturated heterocycles. The van der Waals surface area contributed by atoms with E-state index >= 15 is 0 Å². The molecule has 5 heteroatoms. The molecule has 1 unspecified atom stereocenters. The maximum atomic E-state index is 5.74. The summed E-state index contributed by atoms with van der Waals surface area (Å²) in [6.07, 6.45) is 0. The lowest BCUT2D eigenvalue weighted by Crippen LogP contribution is -2.19. The summed E-state index contributed by atoms with van der Waals surface area (Å²) in [7, 11) is 6.72. The van der Waals surface area contributed by atoms with Crippen molar-refractivity contribution < 1.29 is 18.6 Å². The maximum absolute atomic E-state index is 5.74. The van der Waals surface area contributed by atoms with Crippen LogP contribution in [0.4, 0.5) is 0 Å². The number of aryl methyl sites for hydroxylation is 1. The quantitative estimate of drug-likeness (QED) is 0.887. The molecule has 5 nitrogen and oxygen atoms in total. The Hall–Kier alpha value is -2.14. The average Bonchev–Trinajstić information content (AvgIpc) is 2.94. The molecule has 1 heterocycles. The SMILES string of the molecule is CNC(c1ccc(C)o1)c1c(OC)cc(OC)cc1OC. The Balaban J connectivity index is 2.58. The number of methoxy groups -OCH3 is 3. The van der Waals surface area contributed by atoms with Gasteiger partial charge in [-0.15, -0.1) is 0 Å². The van der Waals surface area contributed by atoms with Gasteiger partial charge < -0.3 is 23.9 Å². The lowest BCUT2D eigenvalue weighted by atomic mass is 10.0. The summed E-state index contributed by atoms with van der Waals surface area (Å²) < 4.78 is 22.0. The van der Waals surface area contributed by atoms with E-state index in [-0.39, 0.29) is 6.04 Å². The van der Waals surface area contributed by atoms with Crippen molar-refractivity contribution in [3.8, 4) is 17.2 Å². The molecule has 0 aliphatic heterocycles. The Kier molecular flexibility index (Phi) is 4.75. The van der Waals surface area contributed by atoms with E-state index in [0.717, 1.165) is 17.1 Å². The van der Waals surface area contributed by atoms with Gasteiger partial charge in [0.2, 0.25) is 0 Å². The van der Waals surface area contributed by atoms with Gasteiger partial charge in [0.05, 0.1) is 32.9 Å². The van der Waals surface area contributed by atoms with Crippen LogP contribution in [0.3, 0.4) is 0 Å². The molecule has 2 aromatic rings. The van der Waals surface area contributed by atoms with Crippen molar-refractivity contribution in [2.24, 2.45) is 0 Å². The van der Waals surface area contributed by atoms with Crippen molar-refractivity contribution in [3.05, 3.63) is 41.3 Å². The summed E-state index contributed by atoms with van der Waals surface area (Å²) >= 11 is 0. The van der Waals surface area contributed by atoms with Gasteiger partial charge in [-0.05, 0) is 26.1 Å². The zero-order valence-electron chi connectivity index (χ0n) is 13.0. The van der Waals surface area contributed by atoms with E-state index in [4.69, 9.17) is 18.6 Å². The number of nitrogens with one attached hydrogen (secondary N) is 1. The first-order valence-electron chi connectivity index (χ1n) is 6.68. The Morgan fingerprint density at radius 1 is 1.00 bits per heavy atom. The summed E-state index contributed by atoms with van der Waals surface area (Å²) in [6.45, 7) is 1.92. The molecular weight excluding hydrogens is 270 g/mol. The van der Waals surface area contributed by atoms with Crippen LogP contribution < -0.4 is 19.5 Å². The second-order valence-corrected chi connectivity index (χ2v) is 4.62. The van der Waals surface area contributed by atoms with Crippen LogP contribution in [0.25, 0.3) is 0 Å². The van der Waals surface area contributed by atoms with E-state index in [1.54, 1.807) is 21.3 Å². The highest BCUT2D eigenvalue weighted by Gasteiger charge is 2.25. The van der Waals surface area contributed by atoms with Gasteiger partial charge in [0, 0.05) is 12.1 Å². The molecule has 0 bridgehead atoms. The topological polar surface area (TPSA) is 52.9 Å². The molecule has 0 radical (unpaired) electrons. The predicted octanol–water partition coefficient (Wildman–Crippen LogP) is 2.92. The van der Waals surface area contributed by atoms with Gasteiger partial charge in [-0.25, -0.2) is 0 Å². The van der Waals surface area contributed by atoms with Gasteiger partial charge >= 0.3 is 0 Å². The highest BCUT2D eigenvalue weighted by atomic mass is 16.5. The molecule has 1 atom stereocenters. The molecule has 0 fully saturated rings. The van der Waals surface area contributed by atoms with E-state index in [0.29, 0.717) is 17.2 Å². The van der Waals surface area contributed by atoms with Crippen LogP contribution in [0, 0.1) is 6.92 Å². The fourth-order valence-electron chi connectivity index (χ4n) is 2.35. The van der Waals surface area contributed by atoms with Gasteiger partial charge in [0.1, 0.15) is 28.8 Å². The van der Waals surface area contributed by atoms with Crippen LogP contribution in [0.2, 0.25) is 0 Å². The second kappa shape index (κ2) is 6.54. The van der Waals surface area contributed by atoms with E-state index in [2.05, 4.69) is 5.32 Å². The Labute approximate surface area is 124 Å². The summed E-state index contributed by atoms with van der Waals surface area (Å²) in [5, 5.41) is 3.24. The first-order valence-corrected chi connectivity index (χ1v) is 6.68. The first-order chi connectivity index (χ1) is 10.1. The second-order valence-electron chi connectivity index (χ2n) is 4.62. The van der Waals surface area contributed by atoms with Crippen molar-refractivity contribution in [3.63, 3.8) is 0 Å². The molecule has 0 aliphatic rings. The fourth-order valence-corrected chi connectivity index (χ4v) is 2.35. The largest absolute Gasteiger partial charge is 0.496 e. The molecular formula is C16H21NO4. The minimum Gasteiger partial charge on any atom is -0.496 e. The molecule has 0 saturated carbocycles. The highest BCUT2D eigenvalue weighted by Crippen LogP contribution is 2.40. The summed E-state index contributed by atoms with van der Waals surface area (Å²) in [5.41, 5.74) is 0.873. The average molecular weight is 291 g/mol. The van der Waals surface area contributed by atoms with E-state index in [1.807, 2.05) is 38.2 Å². The Morgan fingerprint density at radius 3 is 2.00 bits per heavy atom. The third kappa shape index (κ3) is 2.97. The van der Waals surface area contributed by atoms with Crippen LogP contribution >= 0.6 is 0 Å². The molecule has 114 valence electrons. The third-order valence-corrected chi connectivity index (χ3v) is 3.38. The molecule has 0 amide bonds. The number of furan rings is 1. The normalized spacial score (nSPS) is 12.0. The maximum Gasteiger partial charge on any atom is 0.131 e. The number of rotatable bonds is 6. The minimum absolute atomic E-state index is 0.172. The lowest BCUT2D eigenvalue weighted by molar-refractivity contribution is 0.356. The summed E-state index contributed by atoms with van der Waals surface area (Å²) in [5.74, 6) is 3.70. The Morgan fingerprint density at radius 2 is 1.62 bits per heavy atom. The Bertz CT molecular complexity index is 581. The van der Waals surface area contributed by atoms with Crippen LogP contribution in [0.1, 0.15) is 23.1 Å². The molecule has 1 aromatic carbocycles. The molecule has 21 heavy (non-hydrogen) atoms. The van der Waals surface area contributed by atoms with Gasteiger partial charge in [-0.3, -0.25) is 0 Å². The zero-order valence-corrected chi connectivity index (χ0v) is 13.0. The van der Waals surface area contributed by atoms with Crippen molar-refractivity contribution in [2.45, 2.75) is 13.0 Å². The fraction of sp³-hybridized carbons (Fsp3) is 0.375. The molecule has 0 aliphatic carbocycles. The smallest absolute Gasteiger partial charge is 0.131 e. The van der Waals surface area contributed by atoms with E-state index < -0.39 is 0 Å². The molecule has 0 spiro atoms. The van der Waals surface area contributed by atoms with Crippen LogP contribution in [-0.2, 0) is 0 Å². The lowest BCUT2D eigenvalue weighted by Gasteiger charge is -2.21. The third-order valence-electron chi connectivity index (χ3n) is 3.38. The van der Waals surface area contributed by atoms with Crippen molar-refractivity contribution in [2.75, 3.05) is 28.4 Å². The van der Waals surface area contributed by atoms with Crippen LogP contribution in [0.15, 0.2) is 28.7 Å². The zero-order chi connectivity index (χ0) is 15.4. The molecule has 1 N–H and O–H groups in total. The number of benzene rings is 1. The van der Waals surface area contributed by atoms with E-state index in [9.17, 15) is 0 Å². The number of hydrogen-bond donors (Lipinski definition) is 1. The van der Waals surface area contributed by atoms with Gasteiger partial charge in [0.15, 0.2) is 0 Å². The standard InChI is InChI=1S/C16H21NO4/c1-10-6-7-12(21-10)16(17-2)15-13(19-4)8-11(18-3)9-14(15)20-5/h6-9,16-17H,1-5H3. The molecule has 2 rings (SSSR count). The van der Waals surface area contributed by atoms with Crippen molar-refractivity contribution in [1.29, 1.82) is 0 Å². The van der Waals surface area contributed by atoms with E-state index in [1.165, 1.54) is 0 Å². The number of hydrogen-bond acceptors (Lipinski definition) is 5. The first kappa shape index (κ1) is 15.3. The predicted molar refractivity (Wildman–Crippen MR) is 80.4 cm³/mol. The number of ether oxygens (including phenoxy) is 3.